The molecule has 0 radical (unpaired) electrons. The minimum atomic E-state index is -0.363. The van der Waals surface area contributed by atoms with Crippen molar-refractivity contribution in [2.45, 2.75) is 58.5 Å². The Morgan fingerprint density at radius 3 is 3.05 bits per heavy atom. The van der Waals surface area contributed by atoms with Crippen LogP contribution < -0.4 is 11.3 Å². The number of aryl methyl sites for hydroxylation is 1. The Bertz CT molecular complexity index is 454. The molecule has 0 saturated carbocycles. The van der Waals surface area contributed by atoms with Gasteiger partial charge in [0.15, 0.2) is 5.76 Å². The molecule has 0 spiro atoms. The van der Waals surface area contributed by atoms with E-state index in [1.54, 1.807) is 0 Å². The summed E-state index contributed by atoms with van der Waals surface area (Å²) in [5, 5.41) is 0. The van der Waals surface area contributed by atoms with Crippen LogP contribution in [-0.2, 0) is 6.54 Å². The fourth-order valence-electron chi connectivity index (χ4n) is 3.05. The SMILES string of the molecule is CCCC1CCCCN1Cc1cc(C)c(C(=O)NN)o1. The molecule has 1 saturated heterocycles. The molecule has 20 heavy (non-hydrogen) atoms. The molecule has 1 aliphatic heterocycles. The summed E-state index contributed by atoms with van der Waals surface area (Å²) in [5.74, 6) is 5.97. The molecule has 5 heteroatoms. The third kappa shape index (κ3) is 3.41. The Hall–Kier alpha value is -1.33. The first-order chi connectivity index (χ1) is 9.65. The van der Waals surface area contributed by atoms with E-state index in [0.717, 1.165) is 24.4 Å². The minimum Gasteiger partial charge on any atom is -0.454 e. The van der Waals surface area contributed by atoms with Crippen molar-refractivity contribution < 1.29 is 9.21 Å². The Kier molecular flexibility index (Phi) is 5.20. The second-order valence-corrected chi connectivity index (χ2v) is 5.61. The van der Waals surface area contributed by atoms with Crippen LogP contribution in [0, 0.1) is 6.92 Å². The summed E-state index contributed by atoms with van der Waals surface area (Å²) in [4.78, 5) is 14.0. The molecule has 0 aromatic carbocycles. The molecule has 112 valence electrons. The summed E-state index contributed by atoms with van der Waals surface area (Å²) in [6.45, 7) is 6.00. The van der Waals surface area contributed by atoms with Gasteiger partial charge >= 0.3 is 5.91 Å². The van der Waals surface area contributed by atoms with Crippen molar-refractivity contribution >= 4 is 5.91 Å². The van der Waals surface area contributed by atoms with Crippen LogP contribution in [0.15, 0.2) is 10.5 Å². The molecule has 3 N–H and O–H groups in total. The molecule has 1 aromatic rings. The van der Waals surface area contributed by atoms with Gasteiger partial charge in [-0.25, -0.2) is 5.84 Å². The van der Waals surface area contributed by atoms with Crippen LogP contribution in [0.2, 0.25) is 0 Å². The van der Waals surface area contributed by atoms with E-state index in [9.17, 15) is 4.79 Å². The lowest BCUT2D eigenvalue weighted by Gasteiger charge is -2.35. The number of amides is 1. The number of furan rings is 1. The highest BCUT2D eigenvalue weighted by Gasteiger charge is 2.23. The monoisotopic (exact) mass is 279 g/mol. The molecule has 2 rings (SSSR count). The maximum Gasteiger partial charge on any atom is 0.301 e. The van der Waals surface area contributed by atoms with Crippen LogP contribution in [0.25, 0.3) is 0 Å². The first kappa shape index (κ1) is 15.1. The Morgan fingerprint density at radius 2 is 2.35 bits per heavy atom. The predicted molar refractivity (Wildman–Crippen MR) is 78.1 cm³/mol. The first-order valence-corrected chi connectivity index (χ1v) is 7.50. The fourth-order valence-corrected chi connectivity index (χ4v) is 3.05. The number of rotatable bonds is 5. The van der Waals surface area contributed by atoms with Crippen LogP contribution in [0.5, 0.6) is 0 Å². The van der Waals surface area contributed by atoms with Gasteiger partial charge < -0.3 is 4.42 Å². The van der Waals surface area contributed by atoms with E-state index < -0.39 is 0 Å². The van der Waals surface area contributed by atoms with Gasteiger partial charge in [0.2, 0.25) is 0 Å². The summed E-state index contributed by atoms with van der Waals surface area (Å²) in [6, 6.07) is 2.59. The highest BCUT2D eigenvalue weighted by Crippen LogP contribution is 2.24. The van der Waals surface area contributed by atoms with E-state index >= 15 is 0 Å². The summed E-state index contributed by atoms with van der Waals surface area (Å²) in [6.07, 6.45) is 6.27. The zero-order valence-corrected chi connectivity index (χ0v) is 12.4. The fraction of sp³-hybridized carbons (Fsp3) is 0.667. The van der Waals surface area contributed by atoms with Crippen molar-refractivity contribution in [1.82, 2.24) is 10.3 Å². The molecule has 1 atom stereocenters. The molecule has 1 aliphatic rings. The van der Waals surface area contributed by atoms with Crippen molar-refractivity contribution in [3.05, 3.63) is 23.2 Å². The van der Waals surface area contributed by atoms with Crippen LogP contribution in [0.1, 0.15) is 60.9 Å². The van der Waals surface area contributed by atoms with Gasteiger partial charge in [-0.05, 0) is 38.8 Å². The van der Waals surface area contributed by atoms with E-state index in [2.05, 4.69) is 17.2 Å². The minimum absolute atomic E-state index is 0.326. The maximum atomic E-state index is 11.6. The lowest BCUT2D eigenvalue weighted by Crippen LogP contribution is -2.38. The largest absolute Gasteiger partial charge is 0.454 e. The van der Waals surface area contributed by atoms with Gasteiger partial charge in [-0.3, -0.25) is 15.1 Å². The lowest BCUT2D eigenvalue weighted by molar-refractivity contribution is 0.0913. The molecule has 2 heterocycles. The number of hydrazine groups is 1. The summed E-state index contributed by atoms with van der Waals surface area (Å²) in [5.41, 5.74) is 2.96. The number of nitrogens with zero attached hydrogens (tertiary/aromatic N) is 1. The third-order valence-electron chi connectivity index (χ3n) is 4.04. The van der Waals surface area contributed by atoms with E-state index in [0.29, 0.717) is 11.8 Å². The van der Waals surface area contributed by atoms with Gasteiger partial charge in [0.05, 0.1) is 6.54 Å². The lowest BCUT2D eigenvalue weighted by atomic mass is 9.98. The second kappa shape index (κ2) is 6.90. The van der Waals surface area contributed by atoms with Gasteiger partial charge in [0, 0.05) is 11.6 Å². The third-order valence-corrected chi connectivity index (χ3v) is 4.04. The highest BCUT2D eigenvalue weighted by molar-refractivity contribution is 5.92. The Morgan fingerprint density at radius 1 is 1.55 bits per heavy atom. The molecule has 5 nitrogen and oxygen atoms in total. The zero-order chi connectivity index (χ0) is 14.5. The van der Waals surface area contributed by atoms with Crippen molar-refractivity contribution in [1.29, 1.82) is 0 Å². The summed E-state index contributed by atoms with van der Waals surface area (Å²) >= 11 is 0. The highest BCUT2D eigenvalue weighted by atomic mass is 16.4. The topological polar surface area (TPSA) is 71.5 Å². The van der Waals surface area contributed by atoms with Gasteiger partial charge in [0.1, 0.15) is 5.76 Å². The molecule has 0 bridgehead atoms. The van der Waals surface area contributed by atoms with Gasteiger partial charge in [0.25, 0.3) is 0 Å². The number of hydrogen-bond donors (Lipinski definition) is 2. The number of piperidine rings is 1. The molecule has 1 unspecified atom stereocenters. The summed E-state index contributed by atoms with van der Waals surface area (Å²) in [7, 11) is 0. The molecule has 0 aliphatic carbocycles. The average Bonchev–Trinajstić information content (AvgIpc) is 2.81. The number of carbonyl (C=O) groups excluding carboxylic acids is 1. The van der Waals surface area contributed by atoms with Gasteiger partial charge in [-0.1, -0.05) is 19.8 Å². The normalized spacial score (nSPS) is 20.1. The van der Waals surface area contributed by atoms with Crippen LogP contribution in [-0.4, -0.2) is 23.4 Å². The van der Waals surface area contributed by atoms with E-state index in [1.165, 1.54) is 32.1 Å². The predicted octanol–water partition coefficient (Wildman–Crippen LogP) is 2.35. The van der Waals surface area contributed by atoms with Crippen LogP contribution >= 0.6 is 0 Å². The number of hydrogen-bond acceptors (Lipinski definition) is 4. The standard InChI is InChI=1S/C15H25N3O2/c1-3-6-12-7-4-5-8-18(12)10-13-9-11(2)14(20-13)15(19)17-16/h9,12H,3-8,10,16H2,1-2H3,(H,17,19). The van der Waals surface area contributed by atoms with Crippen molar-refractivity contribution in [3.8, 4) is 0 Å². The smallest absolute Gasteiger partial charge is 0.301 e. The molecular formula is C15H25N3O2. The van der Waals surface area contributed by atoms with Gasteiger partial charge in [-0.15, -0.1) is 0 Å². The molecular weight excluding hydrogens is 254 g/mol. The van der Waals surface area contributed by atoms with Crippen molar-refractivity contribution in [2.24, 2.45) is 5.84 Å². The molecule has 1 fully saturated rings. The van der Waals surface area contributed by atoms with E-state index in [1.807, 2.05) is 13.0 Å². The maximum absolute atomic E-state index is 11.6. The van der Waals surface area contributed by atoms with E-state index in [4.69, 9.17) is 10.3 Å². The Labute approximate surface area is 120 Å². The number of nitrogens with one attached hydrogen (secondary N) is 1. The summed E-state index contributed by atoms with van der Waals surface area (Å²) < 4.78 is 5.66. The van der Waals surface area contributed by atoms with Gasteiger partial charge in [-0.2, -0.15) is 0 Å². The number of nitrogens with two attached hydrogens (primary N) is 1. The Balaban J connectivity index is 2.06. The van der Waals surface area contributed by atoms with Crippen molar-refractivity contribution in [2.75, 3.05) is 6.54 Å². The second-order valence-electron chi connectivity index (χ2n) is 5.61. The number of carbonyl (C=O) groups is 1. The quantitative estimate of drug-likeness (QED) is 0.493. The van der Waals surface area contributed by atoms with Crippen LogP contribution in [0.4, 0.5) is 0 Å². The molecule has 1 amide bonds. The zero-order valence-electron chi connectivity index (χ0n) is 12.4. The number of likely N-dealkylation sites (tertiary alicyclic amines) is 1. The van der Waals surface area contributed by atoms with E-state index in [-0.39, 0.29) is 5.91 Å². The van der Waals surface area contributed by atoms with Crippen molar-refractivity contribution in [3.63, 3.8) is 0 Å². The molecule has 1 aromatic heterocycles. The first-order valence-electron chi connectivity index (χ1n) is 7.50. The van der Waals surface area contributed by atoms with Crippen LogP contribution in [0.3, 0.4) is 0 Å². The number of nitrogen functional groups attached to an aromatic ring is 1. The average molecular weight is 279 g/mol.